The maximum atomic E-state index is 13.5. The molecule has 126 valence electrons. The largest absolute Gasteiger partial charge is 0.496 e. The molecule has 1 heterocycles. The smallest absolute Gasteiger partial charge is 0.339 e. The van der Waals surface area contributed by atoms with Crippen molar-refractivity contribution >= 4 is 21.7 Å². The van der Waals surface area contributed by atoms with Gasteiger partial charge in [0, 0.05) is 6.54 Å². The van der Waals surface area contributed by atoms with Gasteiger partial charge in [-0.3, -0.25) is 4.31 Å². The average Bonchev–Trinajstić information content (AvgIpc) is 2.97. The van der Waals surface area contributed by atoms with Gasteiger partial charge >= 0.3 is 5.97 Å². The Bertz CT molecular complexity index is 926. The highest BCUT2D eigenvalue weighted by molar-refractivity contribution is 7.92. The van der Waals surface area contributed by atoms with E-state index in [2.05, 4.69) is 0 Å². The highest BCUT2D eigenvalue weighted by Crippen LogP contribution is 2.34. The molecule has 6 nitrogen and oxygen atoms in total. The minimum absolute atomic E-state index is 0.0642. The summed E-state index contributed by atoms with van der Waals surface area (Å²) >= 11 is 0. The van der Waals surface area contributed by atoms with E-state index in [1.807, 2.05) is 0 Å². The Morgan fingerprint density at radius 3 is 2.67 bits per heavy atom. The van der Waals surface area contributed by atoms with Gasteiger partial charge < -0.3 is 9.84 Å². The van der Waals surface area contributed by atoms with Crippen LogP contribution in [0, 0.1) is 5.82 Å². The topological polar surface area (TPSA) is 83.9 Å². The van der Waals surface area contributed by atoms with Crippen molar-refractivity contribution in [2.24, 2.45) is 0 Å². The lowest BCUT2D eigenvalue weighted by Gasteiger charge is -2.20. The quantitative estimate of drug-likeness (QED) is 0.914. The van der Waals surface area contributed by atoms with Crippen LogP contribution in [0.15, 0.2) is 41.3 Å². The first-order valence-corrected chi connectivity index (χ1v) is 8.51. The summed E-state index contributed by atoms with van der Waals surface area (Å²) in [6.45, 7) is 0.176. The molecule has 8 heteroatoms. The van der Waals surface area contributed by atoms with Crippen LogP contribution in [0.3, 0.4) is 0 Å². The number of benzene rings is 2. The van der Waals surface area contributed by atoms with Crippen LogP contribution in [0.2, 0.25) is 0 Å². The minimum Gasteiger partial charge on any atom is -0.496 e. The summed E-state index contributed by atoms with van der Waals surface area (Å²) in [5, 5.41) is 9.21. The third-order valence-corrected chi connectivity index (χ3v) is 5.70. The van der Waals surface area contributed by atoms with Crippen LogP contribution in [0.25, 0.3) is 0 Å². The van der Waals surface area contributed by atoms with Gasteiger partial charge in [0.05, 0.1) is 17.7 Å². The Morgan fingerprint density at radius 1 is 1.25 bits per heavy atom. The maximum absolute atomic E-state index is 13.5. The summed E-state index contributed by atoms with van der Waals surface area (Å²) in [5.74, 6) is -1.76. The number of sulfonamides is 1. The number of carbonyl (C=O) groups is 1. The molecule has 2 aromatic carbocycles. The van der Waals surface area contributed by atoms with Crippen molar-refractivity contribution in [2.75, 3.05) is 18.0 Å². The first-order chi connectivity index (χ1) is 11.3. The number of aromatic carboxylic acids is 1. The van der Waals surface area contributed by atoms with Crippen molar-refractivity contribution in [3.8, 4) is 5.75 Å². The molecule has 0 saturated carbocycles. The molecular formula is C16H14FNO5S. The van der Waals surface area contributed by atoms with Crippen molar-refractivity contribution in [3.05, 3.63) is 53.3 Å². The van der Waals surface area contributed by atoms with Crippen LogP contribution in [-0.4, -0.2) is 33.1 Å². The highest BCUT2D eigenvalue weighted by Gasteiger charge is 2.32. The fraction of sp³-hybridized carbons (Fsp3) is 0.188. The molecule has 1 N–H and O–H groups in total. The van der Waals surface area contributed by atoms with E-state index in [-0.39, 0.29) is 28.4 Å². The fourth-order valence-corrected chi connectivity index (χ4v) is 4.24. The Labute approximate surface area is 138 Å². The molecule has 1 aliphatic rings. The van der Waals surface area contributed by atoms with E-state index in [9.17, 15) is 22.7 Å². The molecule has 1 aliphatic heterocycles. The number of carboxylic acid groups (broad SMARTS) is 1. The number of halogens is 1. The van der Waals surface area contributed by atoms with E-state index in [1.54, 1.807) is 6.07 Å². The second-order valence-corrected chi connectivity index (χ2v) is 7.13. The van der Waals surface area contributed by atoms with Crippen LogP contribution in [0.5, 0.6) is 5.75 Å². The van der Waals surface area contributed by atoms with Gasteiger partial charge in [-0.2, -0.15) is 0 Å². The predicted octanol–water partition coefficient (Wildman–Crippen LogP) is 2.28. The number of methoxy groups -OCH3 is 1. The van der Waals surface area contributed by atoms with Crippen molar-refractivity contribution in [1.82, 2.24) is 0 Å². The number of anilines is 1. The minimum atomic E-state index is -4.00. The molecule has 2 aromatic rings. The third-order valence-electron chi connectivity index (χ3n) is 3.89. The zero-order valence-electron chi connectivity index (χ0n) is 12.7. The Hall–Kier alpha value is -2.61. The fourth-order valence-electron chi connectivity index (χ4n) is 2.71. The van der Waals surface area contributed by atoms with E-state index in [4.69, 9.17) is 4.74 Å². The lowest BCUT2D eigenvalue weighted by Crippen LogP contribution is -2.29. The van der Waals surface area contributed by atoms with Gasteiger partial charge in [0.15, 0.2) is 0 Å². The molecule has 24 heavy (non-hydrogen) atoms. The average molecular weight is 351 g/mol. The van der Waals surface area contributed by atoms with Gasteiger partial charge in [0.2, 0.25) is 0 Å². The number of nitrogens with zero attached hydrogens (tertiary/aromatic N) is 1. The first kappa shape index (κ1) is 16.3. The number of hydrogen-bond acceptors (Lipinski definition) is 4. The Balaban J connectivity index is 2.09. The molecule has 0 fully saturated rings. The van der Waals surface area contributed by atoms with Gasteiger partial charge in [-0.15, -0.1) is 0 Å². The van der Waals surface area contributed by atoms with Crippen molar-refractivity contribution in [1.29, 1.82) is 0 Å². The van der Waals surface area contributed by atoms with Crippen LogP contribution in [0.1, 0.15) is 15.9 Å². The van der Waals surface area contributed by atoms with E-state index in [0.717, 1.165) is 15.9 Å². The van der Waals surface area contributed by atoms with Crippen molar-refractivity contribution in [3.63, 3.8) is 0 Å². The van der Waals surface area contributed by atoms with Gasteiger partial charge in [-0.25, -0.2) is 17.6 Å². The lowest BCUT2D eigenvalue weighted by atomic mass is 10.2. The van der Waals surface area contributed by atoms with Crippen LogP contribution in [-0.2, 0) is 16.4 Å². The molecule has 0 amide bonds. The summed E-state index contributed by atoms with van der Waals surface area (Å²) in [6, 6.07) is 7.62. The normalized spacial score (nSPS) is 13.7. The Kier molecular flexibility index (Phi) is 3.92. The van der Waals surface area contributed by atoms with Crippen LogP contribution in [0.4, 0.5) is 10.1 Å². The number of rotatable bonds is 4. The van der Waals surface area contributed by atoms with E-state index in [1.165, 1.54) is 31.4 Å². The summed E-state index contributed by atoms with van der Waals surface area (Å²) in [7, 11) is -2.70. The molecular weight excluding hydrogens is 337 g/mol. The third kappa shape index (κ3) is 2.58. The molecule has 0 aromatic heterocycles. The molecule has 0 unspecified atom stereocenters. The van der Waals surface area contributed by atoms with E-state index < -0.39 is 21.8 Å². The van der Waals surface area contributed by atoms with Crippen molar-refractivity contribution in [2.45, 2.75) is 11.3 Å². The monoisotopic (exact) mass is 351 g/mol. The molecule has 0 spiro atoms. The van der Waals surface area contributed by atoms with Gasteiger partial charge in [-0.05, 0) is 42.3 Å². The Morgan fingerprint density at radius 2 is 2.00 bits per heavy atom. The summed E-state index contributed by atoms with van der Waals surface area (Å²) < 4.78 is 45.2. The molecule has 0 bridgehead atoms. The summed E-state index contributed by atoms with van der Waals surface area (Å²) in [6.07, 6.45) is 0.469. The zero-order chi connectivity index (χ0) is 17.5. The lowest BCUT2D eigenvalue weighted by molar-refractivity contribution is 0.0693. The van der Waals surface area contributed by atoms with Gasteiger partial charge in [-0.1, -0.05) is 6.07 Å². The van der Waals surface area contributed by atoms with Gasteiger partial charge in [0.1, 0.15) is 17.1 Å². The second kappa shape index (κ2) is 5.79. The van der Waals surface area contributed by atoms with Crippen LogP contribution < -0.4 is 9.04 Å². The molecule has 0 atom stereocenters. The van der Waals surface area contributed by atoms with Crippen molar-refractivity contribution < 1.29 is 27.4 Å². The SMILES string of the molecule is COc1ccc(S(=O)(=O)N2CCc3ccc(F)cc32)cc1C(=O)O. The predicted molar refractivity (Wildman–Crippen MR) is 84.6 cm³/mol. The summed E-state index contributed by atoms with van der Waals surface area (Å²) in [4.78, 5) is 11.1. The standard InChI is InChI=1S/C16H14FNO5S/c1-23-15-5-4-12(9-13(15)16(19)20)24(21,22)18-7-6-10-2-3-11(17)8-14(10)18/h2-5,8-9H,6-7H2,1H3,(H,19,20). The first-order valence-electron chi connectivity index (χ1n) is 7.07. The molecule has 0 saturated heterocycles. The number of carboxylic acids is 1. The molecule has 0 aliphatic carbocycles. The second-order valence-electron chi connectivity index (χ2n) is 5.27. The zero-order valence-corrected chi connectivity index (χ0v) is 13.5. The summed E-state index contributed by atoms with van der Waals surface area (Å²) in [5.41, 5.74) is 0.756. The van der Waals surface area contributed by atoms with E-state index >= 15 is 0 Å². The van der Waals surface area contributed by atoms with Crippen LogP contribution >= 0.6 is 0 Å². The molecule has 0 radical (unpaired) electrons. The number of ether oxygens (including phenoxy) is 1. The highest BCUT2D eigenvalue weighted by atomic mass is 32.2. The maximum Gasteiger partial charge on any atom is 0.339 e. The number of hydrogen-bond donors (Lipinski definition) is 1. The van der Waals surface area contributed by atoms with Gasteiger partial charge in [0.25, 0.3) is 10.0 Å². The van der Waals surface area contributed by atoms with E-state index in [0.29, 0.717) is 6.42 Å². The number of fused-ring (bicyclic) bond motifs is 1. The molecule has 3 rings (SSSR count).